The Balaban J connectivity index is 1.76. The van der Waals surface area contributed by atoms with E-state index < -0.39 is 6.10 Å². The number of nitrogen functional groups attached to an aromatic ring is 1. The van der Waals surface area contributed by atoms with Crippen molar-refractivity contribution >= 4 is 34.9 Å². The molecule has 2 heterocycles. The predicted octanol–water partition coefficient (Wildman–Crippen LogP) is 3.15. The number of amides is 1. The number of halogens is 2. The summed E-state index contributed by atoms with van der Waals surface area (Å²) in [5.41, 5.74) is 6.85. The van der Waals surface area contributed by atoms with Gasteiger partial charge in [-0.05, 0) is 31.0 Å². The standard InChI is InChI=1S/C18H19Cl2N3O3/c19-14-4-1-5-15(20)13(14)10-26-16-7-11(8-22-17(16)21)18(25)23-6-2-3-12(24)9-23/h1,4-5,7-8,12,24H,2-3,6,9-10H2,(H2,21,22). The van der Waals surface area contributed by atoms with Gasteiger partial charge in [0.15, 0.2) is 11.6 Å². The molecular formula is C18H19Cl2N3O3. The quantitative estimate of drug-likeness (QED) is 0.829. The summed E-state index contributed by atoms with van der Waals surface area (Å²) in [6.45, 7) is 1.02. The lowest BCUT2D eigenvalue weighted by atomic mass is 10.1. The number of β-amino-alcohol motifs (C(OH)–C–C–N with tert-alkyl or cyclic N) is 1. The number of nitrogens with two attached hydrogens (primary N) is 1. The summed E-state index contributed by atoms with van der Waals surface area (Å²) in [6.07, 6.45) is 2.39. The molecule has 1 aromatic carbocycles. The van der Waals surface area contributed by atoms with E-state index in [0.717, 1.165) is 6.42 Å². The number of anilines is 1. The van der Waals surface area contributed by atoms with E-state index in [9.17, 15) is 9.90 Å². The van der Waals surface area contributed by atoms with Gasteiger partial charge >= 0.3 is 0 Å². The zero-order valence-electron chi connectivity index (χ0n) is 14.0. The number of aromatic nitrogens is 1. The molecule has 3 N–H and O–H groups in total. The molecule has 26 heavy (non-hydrogen) atoms. The highest BCUT2D eigenvalue weighted by Crippen LogP contribution is 2.28. The number of aliphatic hydroxyl groups excluding tert-OH is 1. The first-order valence-corrected chi connectivity index (χ1v) is 9.00. The van der Waals surface area contributed by atoms with E-state index in [1.165, 1.54) is 6.20 Å². The number of aliphatic hydroxyl groups is 1. The van der Waals surface area contributed by atoms with Gasteiger partial charge in [-0.1, -0.05) is 29.3 Å². The summed E-state index contributed by atoms with van der Waals surface area (Å²) in [5.74, 6) is 0.240. The molecule has 0 radical (unpaired) electrons. The third kappa shape index (κ3) is 4.20. The third-order valence-electron chi connectivity index (χ3n) is 4.25. The normalized spacial score (nSPS) is 17.2. The van der Waals surface area contributed by atoms with Crippen molar-refractivity contribution in [3.8, 4) is 5.75 Å². The van der Waals surface area contributed by atoms with Crippen LogP contribution in [0.3, 0.4) is 0 Å². The Morgan fingerprint density at radius 2 is 2.12 bits per heavy atom. The molecular weight excluding hydrogens is 377 g/mol. The van der Waals surface area contributed by atoms with E-state index in [-0.39, 0.29) is 24.1 Å². The highest BCUT2D eigenvalue weighted by atomic mass is 35.5. The number of nitrogens with zero attached hydrogens (tertiary/aromatic N) is 2. The van der Waals surface area contributed by atoms with Gasteiger partial charge in [-0.3, -0.25) is 4.79 Å². The Morgan fingerprint density at radius 1 is 1.38 bits per heavy atom. The number of piperidine rings is 1. The number of benzene rings is 1. The van der Waals surface area contributed by atoms with Gasteiger partial charge in [0.1, 0.15) is 6.61 Å². The Kier molecular flexibility index (Phi) is 5.86. The first kappa shape index (κ1) is 18.8. The van der Waals surface area contributed by atoms with E-state index >= 15 is 0 Å². The number of hydrogen-bond acceptors (Lipinski definition) is 5. The minimum Gasteiger partial charge on any atom is -0.485 e. The summed E-state index contributed by atoms with van der Waals surface area (Å²) in [6, 6.07) is 6.73. The molecule has 0 aliphatic carbocycles. The van der Waals surface area contributed by atoms with Gasteiger partial charge in [-0.25, -0.2) is 4.98 Å². The number of pyridine rings is 1. The zero-order chi connectivity index (χ0) is 18.7. The number of ether oxygens (including phenoxy) is 1. The van der Waals surface area contributed by atoms with Gasteiger partial charge in [0.2, 0.25) is 0 Å². The summed E-state index contributed by atoms with van der Waals surface area (Å²) < 4.78 is 5.71. The van der Waals surface area contributed by atoms with Crippen LogP contribution in [0, 0.1) is 0 Å². The minimum absolute atomic E-state index is 0.102. The summed E-state index contributed by atoms with van der Waals surface area (Å²) in [4.78, 5) is 18.3. The number of carbonyl (C=O) groups excluding carboxylic acids is 1. The Labute approximate surface area is 161 Å². The Hall–Kier alpha value is -2.02. The molecule has 1 fully saturated rings. The number of hydrogen-bond donors (Lipinski definition) is 2. The maximum absolute atomic E-state index is 12.6. The smallest absolute Gasteiger partial charge is 0.255 e. The van der Waals surface area contributed by atoms with Crippen LogP contribution < -0.4 is 10.5 Å². The lowest BCUT2D eigenvalue weighted by molar-refractivity contribution is 0.0473. The average Bonchev–Trinajstić information content (AvgIpc) is 2.62. The number of likely N-dealkylation sites (tertiary alicyclic amines) is 1. The van der Waals surface area contributed by atoms with Gasteiger partial charge in [-0.15, -0.1) is 0 Å². The van der Waals surface area contributed by atoms with Crippen LogP contribution in [0.15, 0.2) is 30.5 Å². The van der Waals surface area contributed by atoms with Crippen LogP contribution in [-0.4, -0.2) is 40.1 Å². The SMILES string of the molecule is Nc1ncc(C(=O)N2CCCC(O)C2)cc1OCc1c(Cl)cccc1Cl. The van der Waals surface area contributed by atoms with Crippen LogP contribution in [0.4, 0.5) is 5.82 Å². The van der Waals surface area contributed by atoms with Crippen molar-refractivity contribution in [2.24, 2.45) is 0 Å². The summed E-state index contributed by atoms with van der Waals surface area (Å²) >= 11 is 12.3. The van der Waals surface area contributed by atoms with Crippen molar-refractivity contribution < 1.29 is 14.6 Å². The first-order chi connectivity index (χ1) is 12.5. The lowest BCUT2D eigenvalue weighted by Gasteiger charge is -2.30. The minimum atomic E-state index is -0.493. The summed E-state index contributed by atoms with van der Waals surface area (Å²) in [5, 5.41) is 10.7. The van der Waals surface area contributed by atoms with Crippen LogP contribution in [0.2, 0.25) is 10.0 Å². The predicted molar refractivity (Wildman–Crippen MR) is 101 cm³/mol. The van der Waals surface area contributed by atoms with Crippen molar-refractivity contribution in [2.75, 3.05) is 18.8 Å². The van der Waals surface area contributed by atoms with E-state index in [0.29, 0.717) is 40.7 Å². The second kappa shape index (κ2) is 8.12. The molecule has 1 amide bonds. The molecule has 1 saturated heterocycles. The first-order valence-electron chi connectivity index (χ1n) is 8.24. The average molecular weight is 396 g/mol. The molecule has 2 aromatic rings. The molecule has 138 valence electrons. The zero-order valence-corrected chi connectivity index (χ0v) is 15.5. The third-order valence-corrected chi connectivity index (χ3v) is 4.95. The molecule has 1 aliphatic heterocycles. The molecule has 1 unspecified atom stereocenters. The van der Waals surface area contributed by atoms with Crippen LogP contribution in [0.1, 0.15) is 28.8 Å². The highest BCUT2D eigenvalue weighted by molar-refractivity contribution is 6.35. The molecule has 1 aliphatic rings. The number of rotatable bonds is 4. The second-order valence-corrected chi connectivity index (χ2v) is 6.96. The Morgan fingerprint density at radius 3 is 2.81 bits per heavy atom. The fourth-order valence-electron chi connectivity index (χ4n) is 2.83. The van der Waals surface area contributed by atoms with Crippen LogP contribution in [0.25, 0.3) is 0 Å². The van der Waals surface area contributed by atoms with E-state index in [1.807, 2.05) is 0 Å². The molecule has 1 aromatic heterocycles. The lowest BCUT2D eigenvalue weighted by Crippen LogP contribution is -2.42. The van der Waals surface area contributed by atoms with Crippen molar-refractivity contribution in [2.45, 2.75) is 25.6 Å². The molecule has 0 bridgehead atoms. The van der Waals surface area contributed by atoms with E-state index in [2.05, 4.69) is 4.98 Å². The fourth-order valence-corrected chi connectivity index (χ4v) is 3.34. The van der Waals surface area contributed by atoms with E-state index in [1.54, 1.807) is 29.2 Å². The van der Waals surface area contributed by atoms with Crippen LogP contribution in [-0.2, 0) is 6.61 Å². The van der Waals surface area contributed by atoms with E-state index in [4.69, 9.17) is 33.7 Å². The second-order valence-electron chi connectivity index (χ2n) is 6.14. The van der Waals surface area contributed by atoms with Crippen molar-refractivity contribution in [1.82, 2.24) is 9.88 Å². The van der Waals surface area contributed by atoms with Crippen molar-refractivity contribution in [3.05, 3.63) is 51.6 Å². The topological polar surface area (TPSA) is 88.7 Å². The van der Waals surface area contributed by atoms with Crippen molar-refractivity contribution in [1.29, 1.82) is 0 Å². The molecule has 8 heteroatoms. The largest absolute Gasteiger partial charge is 0.485 e. The maximum atomic E-state index is 12.6. The maximum Gasteiger partial charge on any atom is 0.255 e. The van der Waals surface area contributed by atoms with Gasteiger partial charge in [0.05, 0.1) is 11.7 Å². The molecule has 6 nitrogen and oxygen atoms in total. The van der Waals surface area contributed by atoms with Gasteiger partial charge in [-0.2, -0.15) is 0 Å². The van der Waals surface area contributed by atoms with Gasteiger partial charge < -0.3 is 20.5 Å². The summed E-state index contributed by atoms with van der Waals surface area (Å²) in [7, 11) is 0. The Bertz CT molecular complexity index is 796. The van der Waals surface area contributed by atoms with Crippen LogP contribution >= 0.6 is 23.2 Å². The van der Waals surface area contributed by atoms with Gasteiger partial charge in [0.25, 0.3) is 5.91 Å². The molecule has 1 atom stereocenters. The van der Waals surface area contributed by atoms with Crippen LogP contribution in [0.5, 0.6) is 5.75 Å². The number of carbonyl (C=O) groups is 1. The molecule has 0 saturated carbocycles. The fraction of sp³-hybridized carbons (Fsp3) is 0.333. The molecule has 0 spiro atoms. The van der Waals surface area contributed by atoms with Gasteiger partial charge in [0, 0.05) is 34.9 Å². The highest BCUT2D eigenvalue weighted by Gasteiger charge is 2.24. The van der Waals surface area contributed by atoms with Crippen molar-refractivity contribution in [3.63, 3.8) is 0 Å². The monoisotopic (exact) mass is 395 g/mol. The molecule has 3 rings (SSSR count).